The molecule has 1 N–H and O–H groups in total. The molecule has 0 amide bonds. The topological polar surface area (TPSA) is 12.0 Å². The van der Waals surface area contributed by atoms with Gasteiger partial charge in [-0.25, -0.2) is 8.78 Å². The summed E-state index contributed by atoms with van der Waals surface area (Å²) in [7, 11) is 0. The summed E-state index contributed by atoms with van der Waals surface area (Å²) < 4.78 is 28.5. The average molecular weight is 346 g/mol. The molecule has 0 radical (unpaired) electrons. The third-order valence-electron chi connectivity index (χ3n) is 4.28. The maximum atomic E-state index is 14.2. The second-order valence-electron chi connectivity index (χ2n) is 5.88. The lowest BCUT2D eigenvalue weighted by Crippen LogP contribution is -2.35. The summed E-state index contributed by atoms with van der Waals surface area (Å²) in [6.07, 6.45) is 5.98. The van der Waals surface area contributed by atoms with Crippen molar-refractivity contribution in [3.63, 3.8) is 0 Å². The van der Waals surface area contributed by atoms with Crippen molar-refractivity contribution >= 4 is 15.9 Å². The van der Waals surface area contributed by atoms with Gasteiger partial charge in [0.15, 0.2) is 0 Å². The second kappa shape index (κ2) is 6.99. The minimum Gasteiger partial charge on any atom is -0.316 e. The van der Waals surface area contributed by atoms with Gasteiger partial charge in [0.2, 0.25) is 0 Å². The number of rotatable bonds is 6. The molecular formula is C16H22BrF2N. The van der Waals surface area contributed by atoms with E-state index in [9.17, 15) is 8.78 Å². The Balaban J connectivity index is 2.18. The summed E-state index contributed by atoms with van der Waals surface area (Å²) in [4.78, 5) is 0. The smallest absolute Gasteiger partial charge is 0.143 e. The summed E-state index contributed by atoms with van der Waals surface area (Å²) in [6.45, 7) is 3.94. The Hall–Kier alpha value is -0.480. The Labute approximate surface area is 128 Å². The van der Waals surface area contributed by atoms with Gasteiger partial charge in [-0.1, -0.05) is 19.8 Å². The molecule has 0 heterocycles. The van der Waals surface area contributed by atoms with Gasteiger partial charge in [-0.05, 0) is 65.7 Å². The highest BCUT2D eigenvalue weighted by atomic mass is 79.9. The Kier molecular flexibility index (Phi) is 5.56. The number of halogens is 3. The average Bonchev–Trinajstić information content (AvgIpc) is 2.89. The van der Waals surface area contributed by atoms with Crippen LogP contribution in [0.15, 0.2) is 16.6 Å². The second-order valence-corrected chi connectivity index (χ2v) is 6.74. The van der Waals surface area contributed by atoms with E-state index in [1.54, 1.807) is 0 Å². The maximum absolute atomic E-state index is 14.2. The van der Waals surface area contributed by atoms with E-state index in [2.05, 4.69) is 28.2 Å². The zero-order valence-corrected chi connectivity index (χ0v) is 13.5. The first-order valence-electron chi connectivity index (χ1n) is 7.41. The molecule has 0 atom stereocenters. The highest BCUT2D eigenvalue weighted by molar-refractivity contribution is 9.10. The third-order valence-corrected chi connectivity index (χ3v) is 4.89. The van der Waals surface area contributed by atoms with Crippen molar-refractivity contribution < 1.29 is 8.78 Å². The van der Waals surface area contributed by atoms with E-state index in [1.807, 2.05) is 0 Å². The van der Waals surface area contributed by atoms with Gasteiger partial charge in [-0.3, -0.25) is 0 Å². The molecule has 2 rings (SSSR count). The molecule has 20 heavy (non-hydrogen) atoms. The zero-order valence-electron chi connectivity index (χ0n) is 11.9. The van der Waals surface area contributed by atoms with E-state index in [4.69, 9.17) is 0 Å². The molecule has 1 aliphatic carbocycles. The van der Waals surface area contributed by atoms with Crippen LogP contribution < -0.4 is 5.32 Å². The van der Waals surface area contributed by atoms with Crippen LogP contribution in [0.5, 0.6) is 0 Å². The van der Waals surface area contributed by atoms with E-state index >= 15 is 0 Å². The molecule has 4 heteroatoms. The minimum absolute atomic E-state index is 0.0116. The van der Waals surface area contributed by atoms with Crippen LogP contribution in [0.3, 0.4) is 0 Å². The first-order valence-corrected chi connectivity index (χ1v) is 8.20. The third kappa shape index (κ3) is 3.59. The molecule has 0 saturated heterocycles. The van der Waals surface area contributed by atoms with Crippen molar-refractivity contribution in [2.75, 3.05) is 13.1 Å². The number of benzene rings is 1. The van der Waals surface area contributed by atoms with Crippen molar-refractivity contribution in [1.82, 2.24) is 5.32 Å². The lowest BCUT2D eigenvalue weighted by molar-refractivity contribution is 0.271. The summed E-state index contributed by atoms with van der Waals surface area (Å²) >= 11 is 3.15. The SMILES string of the molecule is CCCNCC1(Cc2c(F)ccc(Br)c2F)CCCC1. The van der Waals surface area contributed by atoms with Crippen LogP contribution >= 0.6 is 15.9 Å². The van der Waals surface area contributed by atoms with Crippen LogP contribution in [-0.4, -0.2) is 13.1 Å². The minimum atomic E-state index is -0.438. The van der Waals surface area contributed by atoms with Gasteiger partial charge >= 0.3 is 0 Å². The summed E-state index contributed by atoms with van der Waals surface area (Å²) in [6, 6.07) is 2.79. The van der Waals surface area contributed by atoms with E-state index < -0.39 is 11.6 Å². The number of hydrogen-bond donors (Lipinski definition) is 1. The van der Waals surface area contributed by atoms with Gasteiger partial charge in [0.05, 0.1) is 4.47 Å². The van der Waals surface area contributed by atoms with Gasteiger partial charge < -0.3 is 5.32 Å². The van der Waals surface area contributed by atoms with Crippen molar-refractivity contribution in [3.05, 3.63) is 33.8 Å². The van der Waals surface area contributed by atoms with Crippen molar-refractivity contribution in [2.24, 2.45) is 5.41 Å². The fourth-order valence-corrected chi connectivity index (χ4v) is 3.55. The van der Waals surface area contributed by atoms with Crippen LogP contribution in [0.4, 0.5) is 8.78 Å². The van der Waals surface area contributed by atoms with Crippen LogP contribution in [-0.2, 0) is 6.42 Å². The highest BCUT2D eigenvalue weighted by Crippen LogP contribution is 2.41. The van der Waals surface area contributed by atoms with Crippen LogP contribution in [0.1, 0.15) is 44.6 Å². The van der Waals surface area contributed by atoms with Crippen LogP contribution in [0.25, 0.3) is 0 Å². The molecule has 1 aliphatic rings. The van der Waals surface area contributed by atoms with Gasteiger partial charge in [-0.2, -0.15) is 0 Å². The lowest BCUT2D eigenvalue weighted by atomic mass is 9.79. The Morgan fingerprint density at radius 3 is 2.60 bits per heavy atom. The summed E-state index contributed by atoms with van der Waals surface area (Å²) in [5, 5.41) is 3.44. The van der Waals surface area contributed by atoms with E-state index in [0.29, 0.717) is 10.9 Å². The summed E-state index contributed by atoms with van der Waals surface area (Å²) in [5.74, 6) is -0.862. The van der Waals surface area contributed by atoms with Crippen molar-refractivity contribution in [3.8, 4) is 0 Å². The molecule has 0 bridgehead atoms. The van der Waals surface area contributed by atoms with Gasteiger partial charge in [-0.15, -0.1) is 0 Å². The summed E-state index contributed by atoms with van der Waals surface area (Å²) in [5.41, 5.74) is 0.247. The maximum Gasteiger partial charge on any atom is 0.143 e. The monoisotopic (exact) mass is 345 g/mol. The molecule has 1 fully saturated rings. The van der Waals surface area contributed by atoms with Crippen LogP contribution in [0, 0.1) is 17.0 Å². The first kappa shape index (κ1) is 15.9. The number of hydrogen-bond acceptors (Lipinski definition) is 1. The van der Waals surface area contributed by atoms with Gasteiger partial charge in [0, 0.05) is 12.1 Å². The standard InChI is InChI=1S/C16H22BrF2N/c1-2-9-20-11-16(7-3-4-8-16)10-12-14(18)6-5-13(17)15(12)19/h5-6,20H,2-4,7-11H2,1H3. The largest absolute Gasteiger partial charge is 0.316 e. The fraction of sp³-hybridized carbons (Fsp3) is 0.625. The predicted molar refractivity (Wildman–Crippen MR) is 81.8 cm³/mol. The molecule has 0 aliphatic heterocycles. The molecule has 1 saturated carbocycles. The van der Waals surface area contributed by atoms with E-state index in [1.165, 1.54) is 12.1 Å². The molecule has 1 aromatic carbocycles. The van der Waals surface area contributed by atoms with Crippen molar-refractivity contribution in [2.45, 2.75) is 45.4 Å². The Bertz CT molecular complexity index is 456. The molecule has 0 spiro atoms. The fourth-order valence-electron chi connectivity index (χ4n) is 3.18. The van der Waals surface area contributed by atoms with Gasteiger partial charge in [0.25, 0.3) is 0 Å². The zero-order chi connectivity index (χ0) is 14.6. The Morgan fingerprint density at radius 1 is 1.25 bits per heavy atom. The molecule has 1 aromatic rings. The molecule has 112 valence electrons. The Morgan fingerprint density at radius 2 is 1.95 bits per heavy atom. The molecular weight excluding hydrogens is 324 g/mol. The molecule has 1 nitrogen and oxygen atoms in total. The van der Waals surface area contributed by atoms with Crippen molar-refractivity contribution in [1.29, 1.82) is 0 Å². The molecule has 0 unspecified atom stereocenters. The lowest BCUT2D eigenvalue weighted by Gasteiger charge is -2.30. The van der Waals surface area contributed by atoms with E-state index in [-0.39, 0.29) is 11.0 Å². The molecule has 0 aromatic heterocycles. The highest BCUT2D eigenvalue weighted by Gasteiger charge is 2.35. The number of nitrogens with one attached hydrogen (secondary N) is 1. The van der Waals surface area contributed by atoms with E-state index in [0.717, 1.165) is 45.2 Å². The van der Waals surface area contributed by atoms with Crippen LogP contribution in [0.2, 0.25) is 0 Å². The first-order chi connectivity index (χ1) is 9.58. The normalized spacial score (nSPS) is 17.6. The van der Waals surface area contributed by atoms with Gasteiger partial charge in [0.1, 0.15) is 11.6 Å². The quantitative estimate of drug-likeness (QED) is 0.575. The predicted octanol–water partition coefficient (Wildman–Crippen LogP) is 4.83.